The van der Waals surface area contributed by atoms with Crippen molar-refractivity contribution in [3.63, 3.8) is 0 Å². The Hall–Kier alpha value is -6.82. The first-order valence-corrected chi connectivity index (χ1v) is 16.2. The maximum atomic E-state index is 12.7. The highest BCUT2D eigenvalue weighted by Gasteiger charge is 2.23. The summed E-state index contributed by atoms with van der Waals surface area (Å²) in [6, 6.07) is 34.6. The molecule has 1 N–H and O–H groups in total. The summed E-state index contributed by atoms with van der Waals surface area (Å²) in [5, 5.41) is 13.0. The van der Waals surface area contributed by atoms with Gasteiger partial charge in [0.2, 0.25) is 0 Å². The molecule has 12 nitrogen and oxygen atoms in total. The molecule has 0 fully saturated rings. The fourth-order valence-corrected chi connectivity index (χ4v) is 4.77. The molecule has 0 heterocycles. The summed E-state index contributed by atoms with van der Waals surface area (Å²) in [5.74, 6) is -1.27. The molecule has 1 atom stereocenters. The molecule has 12 heteroatoms. The molecular formula is C40H35N3O9. The lowest BCUT2D eigenvalue weighted by Gasteiger charge is -2.16. The molecule has 0 aromatic heterocycles. The van der Waals surface area contributed by atoms with Crippen LogP contribution in [0.3, 0.4) is 0 Å². The predicted octanol–water partition coefficient (Wildman–Crippen LogP) is 7.67. The second-order valence-electron chi connectivity index (χ2n) is 11.0. The van der Waals surface area contributed by atoms with Crippen LogP contribution in [0, 0.1) is 0 Å². The van der Waals surface area contributed by atoms with Gasteiger partial charge in [-0.3, -0.25) is 4.79 Å². The molecule has 5 rings (SSSR count). The van der Waals surface area contributed by atoms with Crippen molar-refractivity contribution >= 4 is 46.0 Å². The molecule has 5 aromatic carbocycles. The van der Waals surface area contributed by atoms with Crippen molar-refractivity contribution in [2.24, 2.45) is 10.2 Å². The largest absolute Gasteiger partial charge is 0.498 e. The minimum atomic E-state index is -1.18. The van der Waals surface area contributed by atoms with Crippen molar-refractivity contribution in [3.05, 3.63) is 150 Å². The van der Waals surface area contributed by atoms with Gasteiger partial charge in [0.05, 0.1) is 24.6 Å². The first-order valence-electron chi connectivity index (χ1n) is 16.2. The van der Waals surface area contributed by atoms with Gasteiger partial charge in [0.1, 0.15) is 37.9 Å². The summed E-state index contributed by atoms with van der Waals surface area (Å²) < 4.78 is 26.5. The Morgan fingerprint density at radius 3 is 2.17 bits per heavy atom. The van der Waals surface area contributed by atoms with E-state index < -0.39 is 29.9 Å². The third-order valence-electron chi connectivity index (χ3n) is 7.43. The van der Waals surface area contributed by atoms with Crippen molar-refractivity contribution in [2.75, 3.05) is 26.9 Å². The number of amides is 1. The molecule has 1 amide bonds. The van der Waals surface area contributed by atoms with E-state index in [9.17, 15) is 19.2 Å². The third kappa shape index (κ3) is 10.6. The molecule has 0 aliphatic heterocycles. The average Bonchev–Trinajstić information content (AvgIpc) is 3.19. The SMILES string of the molecule is COC(=O)[C@H](CO/C=C/C(=O)c1ccc(C(=O)OCCOc2ccc3ccccc3c2N=Nc2ccccc2)cc1)NC(=O)OCc1ccccc1. The first-order chi connectivity index (χ1) is 25.4. The number of methoxy groups -OCH3 is 1. The molecule has 0 unspecified atom stereocenters. The highest BCUT2D eigenvalue weighted by Crippen LogP contribution is 2.37. The van der Waals surface area contributed by atoms with Crippen LogP contribution in [0.5, 0.6) is 5.75 Å². The van der Waals surface area contributed by atoms with Crippen LogP contribution in [0.25, 0.3) is 10.8 Å². The molecule has 52 heavy (non-hydrogen) atoms. The number of azo groups is 1. The second-order valence-corrected chi connectivity index (χ2v) is 11.0. The maximum Gasteiger partial charge on any atom is 0.408 e. The molecule has 264 valence electrons. The number of allylic oxidation sites excluding steroid dienone is 1. The van der Waals surface area contributed by atoms with Gasteiger partial charge in [0.25, 0.3) is 0 Å². The number of carbonyl (C=O) groups is 4. The highest BCUT2D eigenvalue weighted by molar-refractivity contribution is 6.05. The number of nitrogens with one attached hydrogen (secondary N) is 1. The van der Waals surface area contributed by atoms with Crippen LogP contribution in [0.4, 0.5) is 16.2 Å². The summed E-state index contributed by atoms with van der Waals surface area (Å²) in [7, 11) is 1.17. The van der Waals surface area contributed by atoms with Gasteiger partial charge in [-0.2, -0.15) is 5.11 Å². The lowest BCUT2D eigenvalue weighted by Crippen LogP contribution is -2.44. The summed E-state index contributed by atoms with van der Waals surface area (Å²) in [6.07, 6.45) is 1.41. The number of esters is 2. The summed E-state index contributed by atoms with van der Waals surface area (Å²) in [6.45, 7) is -0.267. The van der Waals surface area contributed by atoms with E-state index in [1.54, 1.807) is 18.2 Å². The lowest BCUT2D eigenvalue weighted by molar-refractivity contribution is -0.144. The van der Waals surface area contributed by atoms with Gasteiger partial charge in [-0.1, -0.05) is 91.0 Å². The number of hydrogen-bond donors (Lipinski definition) is 1. The van der Waals surface area contributed by atoms with E-state index in [2.05, 4.69) is 15.5 Å². The molecule has 0 aliphatic rings. The minimum Gasteiger partial charge on any atom is -0.498 e. The Labute approximate surface area is 299 Å². The fraction of sp³-hybridized carbons (Fsp3) is 0.150. The Bertz CT molecular complexity index is 2030. The van der Waals surface area contributed by atoms with Crippen molar-refractivity contribution in [1.82, 2.24) is 5.32 Å². The van der Waals surface area contributed by atoms with Crippen molar-refractivity contribution < 1.29 is 42.9 Å². The topological polar surface area (TPSA) is 151 Å². The average molecular weight is 702 g/mol. The number of ether oxygens (including phenoxy) is 5. The van der Waals surface area contributed by atoms with Gasteiger partial charge in [0.15, 0.2) is 11.8 Å². The maximum absolute atomic E-state index is 12.7. The standard InChI is InChI=1S/C40H35N3O9/c1-48-39(46)34(41-40(47)52-26-28-10-4-2-5-11-28)27-49-23-22-35(44)30-16-18-31(19-17-30)38(45)51-25-24-50-36-21-20-29-12-8-9-15-33(29)37(36)43-42-32-13-6-3-7-14-32/h2-23,34H,24-27H2,1H3,(H,41,47)/b23-22+,43-42?/t34-/m0/s1. The lowest BCUT2D eigenvalue weighted by atomic mass is 10.1. The number of benzene rings is 5. The van der Waals surface area contributed by atoms with Crippen LogP contribution in [0.2, 0.25) is 0 Å². The van der Waals surface area contributed by atoms with E-state index >= 15 is 0 Å². The highest BCUT2D eigenvalue weighted by atomic mass is 16.6. The van der Waals surface area contributed by atoms with Gasteiger partial charge in [-0.05, 0) is 41.3 Å². The van der Waals surface area contributed by atoms with Gasteiger partial charge in [-0.15, -0.1) is 5.11 Å². The second kappa shape index (κ2) is 18.8. The Kier molecular flexibility index (Phi) is 13.2. The van der Waals surface area contributed by atoms with Crippen LogP contribution < -0.4 is 10.1 Å². The molecule has 0 saturated heterocycles. The smallest absolute Gasteiger partial charge is 0.408 e. The molecule has 0 saturated carbocycles. The van der Waals surface area contributed by atoms with Crippen LogP contribution in [0.1, 0.15) is 26.3 Å². The number of carbonyl (C=O) groups excluding carboxylic acids is 4. The van der Waals surface area contributed by atoms with Crippen molar-refractivity contribution in [3.8, 4) is 5.75 Å². The fourth-order valence-electron chi connectivity index (χ4n) is 4.77. The van der Waals surface area contributed by atoms with E-state index in [1.807, 2.05) is 78.9 Å². The normalized spacial score (nSPS) is 11.6. The Morgan fingerprint density at radius 1 is 0.731 bits per heavy atom. The Balaban J connectivity index is 1.08. The van der Waals surface area contributed by atoms with Gasteiger partial charge in [0, 0.05) is 17.0 Å². The first kappa shape index (κ1) is 36.5. The molecule has 0 aliphatic carbocycles. The van der Waals surface area contributed by atoms with E-state index in [4.69, 9.17) is 23.7 Å². The number of alkyl carbamates (subject to hydrolysis) is 1. The van der Waals surface area contributed by atoms with E-state index in [-0.39, 0.29) is 37.6 Å². The molecule has 0 spiro atoms. The van der Waals surface area contributed by atoms with Crippen LogP contribution in [0.15, 0.2) is 144 Å². The molecular weight excluding hydrogens is 666 g/mol. The van der Waals surface area contributed by atoms with Crippen LogP contribution in [-0.4, -0.2) is 56.8 Å². The summed E-state index contributed by atoms with van der Waals surface area (Å²) in [4.78, 5) is 49.6. The van der Waals surface area contributed by atoms with Crippen molar-refractivity contribution in [1.29, 1.82) is 0 Å². The zero-order chi connectivity index (χ0) is 36.5. The Morgan fingerprint density at radius 2 is 1.42 bits per heavy atom. The molecule has 0 radical (unpaired) electrons. The van der Waals surface area contributed by atoms with Gasteiger partial charge >= 0.3 is 18.0 Å². The number of ketones is 1. The van der Waals surface area contributed by atoms with E-state index in [1.165, 1.54) is 31.4 Å². The molecule has 0 bridgehead atoms. The summed E-state index contributed by atoms with van der Waals surface area (Å²) >= 11 is 0. The zero-order valence-electron chi connectivity index (χ0n) is 28.2. The van der Waals surface area contributed by atoms with Crippen molar-refractivity contribution in [2.45, 2.75) is 12.6 Å². The number of hydrogen-bond acceptors (Lipinski definition) is 11. The number of fused-ring (bicyclic) bond motifs is 1. The number of rotatable bonds is 16. The predicted molar refractivity (Wildman–Crippen MR) is 192 cm³/mol. The zero-order valence-corrected chi connectivity index (χ0v) is 28.2. The number of nitrogens with zero attached hydrogens (tertiary/aromatic N) is 2. The minimum absolute atomic E-state index is 0.0114. The van der Waals surface area contributed by atoms with E-state index in [0.29, 0.717) is 17.1 Å². The van der Waals surface area contributed by atoms with Gasteiger partial charge in [-0.25, -0.2) is 14.4 Å². The molecule has 5 aromatic rings. The van der Waals surface area contributed by atoms with E-state index in [0.717, 1.165) is 28.7 Å². The monoisotopic (exact) mass is 701 g/mol. The quantitative estimate of drug-likeness (QED) is 0.0208. The third-order valence-corrected chi connectivity index (χ3v) is 7.43. The van der Waals surface area contributed by atoms with Crippen LogP contribution in [-0.2, 0) is 30.3 Å². The van der Waals surface area contributed by atoms with Crippen LogP contribution >= 0.6 is 0 Å². The van der Waals surface area contributed by atoms with Gasteiger partial charge < -0.3 is 29.0 Å². The summed E-state index contributed by atoms with van der Waals surface area (Å²) in [5.41, 5.74) is 2.55.